The molecule has 0 radical (unpaired) electrons. The summed E-state index contributed by atoms with van der Waals surface area (Å²) < 4.78 is 2.38. The molecule has 1 rings (SSSR count). The van der Waals surface area contributed by atoms with Crippen LogP contribution in [0.4, 0.5) is 5.82 Å². The minimum absolute atomic E-state index is 0.177. The van der Waals surface area contributed by atoms with Crippen molar-refractivity contribution in [1.82, 2.24) is 19.7 Å². The van der Waals surface area contributed by atoms with Gasteiger partial charge >= 0.3 is 0 Å². The van der Waals surface area contributed by atoms with Crippen LogP contribution >= 0.6 is 0 Å². The van der Waals surface area contributed by atoms with E-state index in [-0.39, 0.29) is 11.0 Å². The van der Waals surface area contributed by atoms with Gasteiger partial charge in [0.25, 0.3) is 0 Å². The molecule has 0 amide bonds. The molecule has 1 unspecified atom stereocenters. The van der Waals surface area contributed by atoms with Crippen molar-refractivity contribution in [3.8, 4) is 6.07 Å². The summed E-state index contributed by atoms with van der Waals surface area (Å²) in [5.41, 5.74) is 2.13. The Labute approximate surface area is 272 Å². The third-order valence-corrected chi connectivity index (χ3v) is 6.58. The summed E-state index contributed by atoms with van der Waals surface area (Å²) in [6.07, 6.45) is 7.23. The van der Waals surface area contributed by atoms with E-state index in [1.54, 1.807) is 6.20 Å². The van der Waals surface area contributed by atoms with Crippen molar-refractivity contribution < 1.29 is 0 Å². The molecular weight excluding hydrogens is 544 g/mol. The van der Waals surface area contributed by atoms with E-state index in [4.69, 9.17) is 5.26 Å². The Kier molecular flexibility index (Phi) is 26.5. The molecule has 1 aromatic rings. The minimum Gasteiger partial charge on any atom is -0.381 e. The van der Waals surface area contributed by atoms with Gasteiger partial charge in [0.1, 0.15) is 11.7 Å². The highest BCUT2D eigenvalue weighted by Crippen LogP contribution is 2.27. The highest BCUT2D eigenvalue weighted by molar-refractivity contribution is 5.85. The third-order valence-electron chi connectivity index (χ3n) is 6.58. The Bertz CT molecular complexity index is 993. The van der Waals surface area contributed by atoms with Crippen molar-refractivity contribution in [2.45, 2.75) is 107 Å². The molecule has 44 heavy (non-hydrogen) atoms. The zero-order valence-electron chi connectivity index (χ0n) is 30.7. The van der Waals surface area contributed by atoms with Crippen molar-refractivity contribution >= 4 is 17.9 Å². The van der Waals surface area contributed by atoms with E-state index in [1.807, 2.05) is 47.2 Å². The van der Waals surface area contributed by atoms with Crippen LogP contribution in [-0.4, -0.2) is 72.7 Å². The highest BCUT2D eigenvalue weighted by atomic mass is 15.2. The summed E-state index contributed by atoms with van der Waals surface area (Å²) in [7, 11) is 5.97. The molecule has 1 heterocycles. The van der Waals surface area contributed by atoms with E-state index in [1.165, 1.54) is 5.69 Å². The van der Waals surface area contributed by atoms with Crippen LogP contribution in [0.2, 0.25) is 0 Å². The Balaban J connectivity index is -0.00000190. The van der Waals surface area contributed by atoms with Gasteiger partial charge in [-0.15, -0.1) is 13.2 Å². The smallest absolute Gasteiger partial charge is 0.120 e. The van der Waals surface area contributed by atoms with E-state index < -0.39 is 0 Å². The zero-order valence-corrected chi connectivity index (χ0v) is 30.7. The van der Waals surface area contributed by atoms with Gasteiger partial charge in [0.2, 0.25) is 0 Å². The summed E-state index contributed by atoms with van der Waals surface area (Å²) >= 11 is 0. The van der Waals surface area contributed by atoms with E-state index in [2.05, 4.69) is 122 Å². The second-order valence-electron chi connectivity index (χ2n) is 11.4. The number of anilines is 1. The number of nitrogens with one attached hydrogen (secondary N) is 2. The lowest BCUT2D eigenvalue weighted by Crippen LogP contribution is -2.49. The molecule has 0 aliphatic heterocycles. The Hall–Kier alpha value is -3.47. The normalized spacial score (nSPS) is 12.1. The Morgan fingerprint density at radius 1 is 1.11 bits per heavy atom. The predicted octanol–water partition coefficient (Wildman–Crippen LogP) is 8.37. The quantitative estimate of drug-likeness (QED) is 0.111. The molecule has 0 fully saturated rings. The van der Waals surface area contributed by atoms with Crippen molar-refractivity contribution in [3.63, 3.8) is 0 Å². The minimum atomic E-state index is -0.346. The summed E-state index contributed by atoms with van der Waals surface area (Å²) in [6.45, 7) is 37.8. The molecule has 0 saturated heterocycles. The van der Waals surface area contributed by atoms with Gasteiger partial charge in [-0.3, -0.25) is 9.98 Å². The third kappa shape index (κ3) is 17.6. The molecule has 0 bridgehead atoms. The number of rotatable bonds is 16. The summed E-state index contributed by atoms with van der Waals surface area (Å²) in [4.78, 5) is 13.7. The fourth-order valence-corrected chi connectivity index (χ4v) is 4.40. The molecule has 0 aromatic carbocycles. The van der Waals surface area contributed by atoms with Gasteiger partial charge in [0.05, 0.1) is 24.7 Å². The van der Waals surface area contributed by atoms with Crippen LogP contribution in [-0.2, 0) is 13.1 Å². The maximum atomic E-state index is 7.62. The van der Waals surface area contributed by atoms with Crippen molar-refractivity contribution in [1.29, 1.82) is 5.26 Å². The van der Waals surface area contributed by atoms with Gasteiger partial charge in [-0.1, -0.05) is 68.5 Å². The molecule has 8 heteroatoms. The number of hydrogen-bond acceptors (Lipinski definition) is 6. The first kappa shape index (κ1) is 45.0. The molecule has 0 aliphatic rings. The fourth-order valence-electron chi connectivity index (χ4n) is 4.40. The predicted molar refractivity (Wildman–Crippen MR) is 198 cm³/mol. The number of aromatic nitrogens is 1. The molecule has 0 spiro atoms. The number of hydrogen-bond donors (Lipinski definition) is 2. The summed E-state index contributed by atoms with van der Waals surface area (Å²) in [5.74, 6) is 2.17. The van der Waals surface area contributed by atoms with E-state index >= 15 is 0 Å². The molecule has 0 aliphatic carbocycles. The van der Waals surface area contributed by atoms with Gasteiger partial charge in [0.15, 0.2) is 0 Å². The Morgan fingerprint density at radius 3 is 2.14 bits per heavy atom. The maximum absolute atomic E-state index is 7.62. The molecule has 252 valence electrons. The fraction of sp³-hybridized carbons (Fsp3) is 0.639. The summed E-state index contributed by atoms with van der Waals surface area (Å²) in [6, 6.07) is 6.30. The second kappa shape index (κ2) is 26.0. The van der Waals surface area contributed by atoms with Crippen molar-refractivity contribution in [2.24, 2.45) is 15.4 Å². The monoisotopic (exact) mass is 613 g/mol. The van der Waals surface area contributed by atoms with Crippen LogP contribution in [0.15, 0.2) is 60.3 Å². The molecule has 0 saturated carbocycles. The van der Waals surface area contributed by atoms with Crippen LogP contribution in [0.25, 0.3) is 0 Å². The SMILES string of the molecule is C=C.C=CNC(C)(CCN(CCC)C(CN=CCC)=NC)C(=C)N(C)Cc1ccc(NC)n1CC(C)(C)C.CC.CCC#N. The number of nitrogens with zero attached hydrogens (tertiary/aromatic N) is 6. The lowest BCUT2D eigenvalue weighted by Gasteiger charge is -2.39. The molecule has 1 atom stereocenters. The lowest BCUT2D eigenvalue weighted by molar-refractivity contribution is 0.265. The van der Waals surface area contributed by atoms with Crippen molar-refractivity contribution in [3.05, 3.63) is 56.0 Å². The summed E-state index contributed by atoms with van der Waals surface area (Å²) in [5, 5.41) is 14.5. The van der Waals surface area contributed by atoms with Gasteiger partial charge in [-0.05, 0) is 56.1 Å². The second-order valence-corrected chi connectivity index (χ2v) is 11.4. The van der Waals surface area contributed by atoms with E-state index in [0.29, 0.717) is 13.0 Å². The van der Waals surface area contributed by atoms with Crippen LogP contribution < -0.4 is 10.6 Å². The lowest BCUT2D eigenvalue weighted by atomic mass is 9.92. The first-order chi connectivity index (χ1) is 20.9. The largest absolute Gasteiger partial charge is 0.381 e. The first-order valence-corrected chi connectivity index (χ1v) is 16.1. The van der Waals surface area contributed by atoms with Crippen LogP contribution in [0.5, 0.6) is 0 Å². The van der Waals surface area contributed by atoms with Gasteiger partial charge in [-0.25, -0.2) is 0 Å². The number of nitriles is 1. The number of aliphatic imine (C=N–C) groups is 2. The highest BCUT2D eigenvalue weighted by Gasteiger charge is 2.30. The van der Waals surface area contributed by atoms with Crippen LogP contribution in [0, 0.1) is 16.7 Å². The standard InChI is InChI=1S/C29H53N7.C3H5N.C2H6.C2H4/c1-12-18-32-21-27(31-10)35(19-13-2)20-17-29(8,33-14-3)24(4)34(11)22-25-15-16-26(30-9)36(25)23-28(5,6)7;1-2-3-4;2*1-2/h14-16,18,30,33H,3-4,12-13,17,19-23H2,1-2,5-11H3;2H2,1H3;1-2H3;1-2H2. The van der Waals surface area contributed by atoms with Crippen LogP contribution in [0.3, 0.4) is 0 Å². The van der Waals surface area contributed by atoms with Gasteiger partial charge in [0, 0.05) is 58.6 Å². The average Bonchev–Trinajstić information content (AvgIpc) is 3.38. The maximum Gasteiger partial charge on any atom is 0.120 e. The molecular formula is C36H68N8. The number of amidine groups is 1. The molecule has 8 nitrogen and oxygen atoms in total. The van der Waals surface area contributed by atoms with Gasteiger partial charge in [-0.2, -0.15) is 5.26 Å². The van der Waals surface area contributed by atoms with Crippen molar-refractivity contribution in [2.75, 3.05) is 46.1 Å². The molecule has 1 aromatic heterocycles. The van der Waals surface area contributed by atoms with E-state index in [9.17, 15) is 0 Å². The first-order valence-electron chi connectivity index (χ1n) is 16.1. The average molecular weight is 613 g/mol. The number of likely N-dealkylation sites (N-methyl/N-ethyl adjacent to an activating group) is 1. The topological polar surface area (TPSA) is 84.0 Å². The Morgan fingerprint density at radius 2 is 1.70 bits per heavy atom. The molecule has 2 N–H and O–H groups in total. The zero-order chi connectivity index (χ0) is 34.8. The van der Waals surface area contributed by atoms with Crippen LogP contribution in [0.1, 0.15) is 93.7 Å². The van der Waals surface area contributed by atoms with E-state index in [0.717, 1.165) is 62.8 Å². The van der Waals surface area contributed by atoms with Gasteiger partial charge < -0.3 is 25.0 Å².